The highest BCUT2D eigenvalue weighted by Crippen LogP contribution is 2.35. The highest BCUT2D eigenvalue weighted by Gasteiger charge is 2.31. The fourth-order valence-electron chi connectivity index (χ4n) is 3.04. The van der Waals surface area contributed by atoms with Gasteiger partial charge >= 0.3 is 0 Å². The number of amides is 1. The summed E-state index contributed by atoms with van der Waals surface area (Å²) in [5.41, 5.74) is 1.60. The summed E-state index contributed by atoms with van der Waals surface area (Å²) in [7, 11) is 0. The Morgan fingerprint density at radius 3 is 2.88 bits per heavy atom. The molecule has 2 aliphatic heterocycles. The van der Waals surface area contributed by atoms with Gasteiger partial charge in [0.15, 0.2) is 23.1 Å². The van der Waals surface area contributed by atoms with Crippen LogP contribution in [0.2, 0.25) is 0 Å². The monoisotopic (exact) mass is 355 g/mol. The first kappa shape index (κ1) is 16.4. The maximum Gasteiger partial charge on any atom is 0.247 e. The molecule has 3 N–H and O–H groups in total. The molecule has 0 aliphatic carbocycles. The number of rotatable bonds is 4. The predicted octanol–water partition coefficient (Wildman–Crippen LogP) is 2.51. The lowest BCUT2D eigenvalue weighted by Crippen LogP contribution is -2.43. The van der Waals surface area contributed by atoms with Crippen molar-refractivity contribution in [3.8, 4) is 11.5 Å². The number of aromatic nitrogens is 2. The molecule has 26 heavy (non-hydrogen) atoms. The molecule has 0 spiro atoms. The van der Waals surface area contributed by atoms with Crippen molar-refractivity contribution in [3.05, 3.63) is 29.6 Å². The lowest BCUT2D eigenvalue weighted by molar-refractivity contribution is -0.117. The number of hydrogen-bond donors (Lipinski definition) is 3. The van der Waals surface area contributed by atoms with Crippen LogP contribution in [-0.4, -0.2) is 28.7 Å². The quantitative estimate of drug-likeness (QED) is 0.775. The number of hydrogen-bond acceptors (Lipinski definition) is 7. The van der Waals surface area contributed by atoms with E-state index in [4.69, 9.17) is 9.47 Å². The predicted molar refractivity (Wildman–Crippen MR) is 97.5 cm³/mol. The van der Waals surface area contributed by atoms with E-state index in [-0.39, 0.29) is 24.7 Å². The Morgan fingerprint density at radius 2 is 2.08 bits per heavy atom. The SMILES string of the molecule is Cc1nc(NCc2ccc3c(c2)OCO3)c2c(n1)NC(C(C)C)C(=O)N2. The van der Waals surface area contributed by atoms with Gasteiger partial charge in [-0.1, -0.05) is 19.9 Å². The molecule has 0 bridgehead atoms. The van der Waals surface area contributed by atoms with Crippen LogP contribution in [0.15, 0.2) is 18.2 Å². The van der Waals surface area contributed by atoms with Crippen LogP contribution in [-0.2, 0) is 11.3 Å². The average Bonchev–Trinajstić information content (AvgIpc) is 3.07. The first-order valence-corrected chi connectivity index (χ1v) is 8.59. The van der Waals surface area contributed by atoms with Gasteiger partial charge in [0, 0.05) is 6.54 Å². The van der Waals surface area contributed by atoms with E-state index < -0.39 is 0 Å². The number of carbonyl (C=O) groups is 1. The Hall–Kier alpha value is -3.03. The molecule has 0 fully saturated rings. The van der Waals surface area contributed by atoms with E-state index in [9.17, 15) is 4.79 Å². The first-order chi connectivity index (χ1) is 12.5. The molecule has 0 saturated carbocycles. The summed E-state index contributed by atoms with van der Waals surface area (Å²) < 4.78 is 10.7. The minimum atomic E-state index is -0.307. The summed E-state index contributed by atoms with van der Waals surface area (Å²) in [5.74, 6) is 3.43. The molecule has 1 aromatic carbocycles. The highest BCUT2D eigenvalue weighted by atomic mass is 16.7. The molecule has 1 amide bonds. The summed E-state index contributed by atoms with van der Waals surface area (Å²) in [6.45, 7) is 6.60. The summed E-state index contributed by atoms with van der Waals surface area (Å²) >= 11 is 0. The van der Waals surface area contributed by atoms with Crippen molar-refractivity contribution >= 4 is 23.2 Å². The number of nitrogens with one attached hydrogen (secondary N) is 3. The Kier molecular flexibility index (Phi) is 4.02. The van der Waals surface area contributed by atoms with Gasteiger partial charge in [0.1, 0.15) is 17.6 Å². The van der Waals surface area contributed by atoms with Gasteiger partial charge < -0.3 is 25.4 Å². The second-order valence-electron chi connectivity index (χ2n) is 6.74. The summed E-state index contributed by atoms with van der Waals surface area (Å²) in [5, 5.41) is 9.43. The lowest BCUT2D eigenvalue weighted by Gasteiger charge is -2.29. The number of nitrogens with zero attached hydrogens (tertiary/aromatic N) is 2. The summed E-state index contributed by atoms with van der Waals surface area (Å²) in [6, 6.07) is 5.48. The van der Waals surface area contributed by atoms with Crippen molar-refractivity contribution in [1.82, 2.24) is 9.97 Å². The third kappa shape index (κ3) is 2.98. The van der Waals surface area contributed by atoms with E-state index in [1.807, 2.05) is 39.0 Å². The van der Waals surface area contributed by atoms with Gasteiger partial charge in [-0.15, -0.1) is 0 Å². The molecule has 3 heterocycles. The maximum absolute atomic E-state index is 12.4. The second-order valence-corrected chi connectivity index (χ2v) is 6.74. The molecular formula is C18H21N5O3. The molecule has 0 saturated heterocycles. The van der Waals surface area contributed by atoms with Crippen molar-refractivity contribution in [1.29, 1.82) is 0 Å². The summed E-state index contributed by atoms with van der Waals surface area (Å²) in [4.78, 5) is 21.2. The highest BCUT2D eigenvalue weighted by molar-refractivity contribution is 6.05. The molecule has 1 atom stereocenters. The minimum Gasteiger partial charge on any atom is -0.454 e. The van der Waals surface area contributed by atoms with Crippen molar-refractivity contribution in [2.75, 3.05) is 22.7 Å². The van der Waals surface area contributed by atoms with E-state index in [0.29, 0.717) is 29.7 Å². The van der Waals surface area contributed by atoms with Crippen LogP contribution in [0.3, 0.4) is 0 Å². The standard InChI is InChI=1S/C18H21N5O3/c1-9(2)14-18(24)23-15-16(20-10(3)21-17(15)22-14)19-7-11-4-5-12-13(6-11)26-8-25-12/h4-6,9,14H,7-8H2,1-3H3,(H,23,24)(H2,19,20,21,22). The molecule has 2 aromatic rings. The lowest BCUT2D eigenvalue weighted by atomic mass is 10.0. The van der Waals surface area contributed by atoms with E-state index in [1.165, 1.54) is 0 Å². The van der Waals surface area contributed by atoms with E-state index in [1.54, 1.807) is 0 Å². The second kappa shape index (κ2) is 6.36. The summed E-state index contributed by atoms with van der Waals surface area (Å²) in [6.07, 6.45) is 0. The normalized spacial score (nSPS) is 17.5. The number of carbonyl (C=O) groups excluding carboxylic acids is 1. The van der Waals surface area contributed by atoms with Gasteiger partial charge in [-0.2, -0.15) is 0 Å². The topological polar surface area (TPSA) is 97.4 Å². The van der Waals surface area contributed by atoms with Gasteiger partial charge in [0.2, 0.25) is 12.7 Å². The molecule has 1 unspecified atom stereocenters. The Labute approximate surface area is 151 Å². The molecule has 0 radical (unpaired) electrons. The Balaban J connectivity index is 1.57. The van der Waals surface area contributed by atoms with Gasteiger partial charge in [-0.25, -0.2) is 9.97 Å². The molecule has 2 aliphatic rings. The Morgan fingerprint density at radius 1 is 1.27 bits per heavy atom. The van der Waals surface area contributed by atoms with Crippen LogP contribution in [0.1, 0.15) is 25.2 Å². The maximum atomic E-state index is 12.4. The first-order valence-electron chi connectivity index (χ1n) is 8.59. The van der Waals surface area contributed by atoms with Crippen LogP contribution < -0.4 is 25.4 Å². The largest absolute Gasteiger partial charge is 0.454 e. The fraction of sp³-hybridized carbons (Fsp3) is 0.389. The minimum absolute atomic E-state index is 0.0777. The molecule has 4 rings (SSSR count). The van der Waals surface area contributed by atoms with Crippen molar-refractivity contribution < 1.29 is 14.3 Å². The van der Waals surface area contributed by atoms with Crippen molar-refractivity contribution in [3.63, 3.8) is 0 Å². The number of anilines is 3. The number of benzene rings is 1. The average molecular weight is 355 g/mol. The third-order valence-corrected chi connectivity index (χ3v) is 4.41. The number of aryl methyl sites for hydroxylation is 1. The number of ether oxygens (including phenoxy) is 2. The van der Waals surface area contributed by atoms with Crippen LogP contribution >= 0.6 is 0 Å². The van der Waals surface area contributed by atoms with Gasteiger partial charge in [0.25, 0.3) is 0 Å². The van der Waals surface area contributed by atoms with Crippen LogP contribution in [0.5, 0.6) is 11.5 Å². The zero-order chi connectivity index (χ0) is 18.3. The molecule has 8 nitrogen and oxygen atoms in total. The Bertz CT molecular complexity index is 868. The van der Waals surface area contributed by atoms with Crippen LogP contribution in [0.25, 0.3) is 0 Å². The zero-order valence-corrected chi connectivity index (χ0v) is 14.9. The number of fused-ring (bicyclic) bond motifs is 2. The van der Waals surface area contributed by atoms with Gasteiger partial charge in [-0.05, 0) is 30.5 Å². The van der Waals surface area contributed by atoms with Gasteiger partial charge in [-0.3, -0.25) is 4.79 Å². The zero-order valence-electron chi connectivity index (χ0n) is 14.9. The third-order valence-electron chi connectivity index (χ3n) is 4.41. The van der Waals surface area contributed by atoms with Crippen LogP contribution in [0.4, 0.5) is 17.3 Å². The fourth-order valence-corrected chi connectivity index (χ4v) is 3.04. The van der Waals surface area contributed by atoms with E-state index in [2.05, 4.69) is 25.9 Å². The van der Waals surface area contributed by atoms with Crippen LogP contribution in [0, 0.1) is 12.8 Å². The van der Waals surface area contributed by atoms with E-state index in [0.717, 1.165) is 17.1 Å². The molecule has 8 heteroatoms. The smallest absolute Gasteiger partial charge is 0.247 e. The van der Waals surface area contributed by atoms with Crippen molar-refractivity contribution in [2.45, 2.75) is 33.4 Å². The molecular weight excluding hydrogens is 334 g/mol. The molecule has 136 valence electrons. The van der Waals surface area contributed by atoms with Gasteiger partial charge in [0.05, 0.1) is 0 Å². The molecule has 1 aromatic heterocycles. The van der Waals surface area contributed by atoms with Crippen molar-refractivity contribution in [2.24, 2.45) is 5.92 Å². The van der Waals surface area contributed by atoms with E-state index >= 15 is 0 Å².